The van der Waals surface area contributed by atoms with Gasteiger partial charge in [-0.1, -0.05) is 30.3 Å². The van der Waals surface area contributed by atoms with Gasteiger partial charge in [-0.15, -0.1) is 0 Å². The van der Waals surface area contributed by atoms with E-state index in [2.05, 4.69) is 10.5 Å². The first-order chi connectivity index (χ1) is 13.4. The van der Waals surface area contributed by atoms with Crippen molar-refractivity contribution in [1.82, 2.24) is 9.73 Å². The maximum Gasteiger partial charge on any atom is 0.255 e. The lowest BCUT2D eigenvalue weighted by Crippen LogP contribution is -2.36. The number of fused-ring (bicyclic) bond motifs is 1. The Morgan fingerprint density at radius 3 is 2.46 bits per heavy atom. The third kappa shape index (κ3) is 4.54. The Morgan fingerprint density at radius 1 is 1.07 bits per heavy atom. The predicted molar refractivity (Wildman–Crippen MR) is 108 cm³/mol. The second kappa shape index (κ2) is 8.20. The van der Waals surface area contributed by atoms with Gasteiger partial charge in [0.25, 0.3) is 5.91 Å². The van der Waals surface area contributed by atoms with Crippen LogP contribution in [0.15, 0.2) is 76.7 Å². The average Bonchev–Trinajstić information content (AvgIpc) is 2.69. The van der Waals surface area contributed by atoms with E-state index in [9.17, 15) is 18.3 Å². The molecule has 3 aromatic carbocycles. The number of aromatic hydroxyl groups is 1. The number of hydrazone groups is 1. The quantitative estimate of drug-likeness (QED) is 0.492. The molecule has 28 heavy (non-hydrogen) atoms. The zero-order chi connectivity index (χ0) is 20.1. The Bertz CT molecular complexity index is 1130. The molecular formula is C20H19N3O4S. The highest BCUT2D eigenvalue weighted by molar-refractivity contribution is 7.89. The Kier molecular flexibility index (Phi) is 5.72. The van der Waals surface area contributed by atoms with Gasteiger partial charge in [-0.05, 0) is 52.7 Å². The van der Waals surface area contributed by atoms with Gasteiger partial charge in [0, 0.05) is 7.05 Å². The molecule has 0 fully saturated rings. The molecule has 0 bridgehead atoms. The van der Waals surface area contributed by atoms with Crippen LogP contribution in [0.2, 0.25) is 0 Å². The summed E-state index contributed by atoms with van der Waals surface area (Å²) in [6.07, 6.45) is 1.40. The summed E-state index contributed by atoms with van der Waals surface area (Å²) in [4.78, 5) is 12.1. The summed E-state index contributed by atoms with van der Waals surface area (Å²) in [7, 11) is -2.47. The van der Waals surface area contributed by atoms with Crippen LogP contribution in [0.1, 0.15) is 5.56 Å². The van der Waals surface area contributed by atoms with Crippen LogP contribution in [-0.4, -0.2) is 43.5 Å². The van der Waals surface area contributed by atoms with Gasteiger partial charge in [-0.2, -0.15) is 9.41 Å². The number of carbonyl (C=O) groups is 1. The molecule has 0 atom stereocenters. The van der Waals surface area contributed by atoms with E-state index < -0.39 is 15.9 Å². The van der Waals surface area contributed by atoms with Crippen LogP contribution in [0.25, 0.3) is 10.8 Å². The zero-order valence-corrected chi connectivity index (χ0v) is 15.9. The Hall–Kier alpha value is -3.23. The Balaban J connectivity index is 1.65. The van der Waals surface area contributed by atoms with E-state index in [1.807, 2.05) is 24.3 Å². The van der Waals surface area contributed by atoms with Crippen LogP contribution in [0.3, 0.4) is 0 Å². The molecule has 0 saturated heterocycles. The summed E-state index contributed by atoms with van der Waals surface area (Å²) in [6, 6.07) is 18.5. The van der Waals surface area contributed by atoms with Crippen molar-refractivity contribution in [3.05, 3.63) is 72.3 Å². The number of benzene rings is 3. The molecule has 0 radical (unpaired) electrons. The molecule has 0 spiro atoms. The number of amides is 1. The lowest BCUT2D eigenvalue weighted by Gasteiger charge is -2.16. The van der Waals surface area contributed by atoms with Crippen LogP contribution < -0.4 is 5.43 Å². The van der Waals surface area contributed by atoms with Gasteiger partial charge in [-0.3, -0.25) is 4.79 Å². The number of phenolic OH excluding ortho intramolecular Hbond substituents is 1. The molecule has 8 heteroatoms. The van der Waals surface area contributed by atoms with Crippen LogP contribution in [0, 0.1) is 0 Å². The lowest BCUT2D eigenvalue weighted by atomic mass is 10.1. The lowest BCUT2D eigenvalue weighted by molar-refractivity contribution is -0.121. The monoisotopic (exact) mass is 397 g/mol. The number of carbonyl (C=O) groups excluding carboxylic acids is 1. The first-order valence-electron chi connectivity index (χ1n) is 8.42. The molecule has 7 nitrogen and oxygen atoms in total. The van der Waals surface area contributed by atoms with Gasteiger partial charge in [0.05, 0.1) is 17.7 Å². The van der Waals surface area contributed by atoms with E-state index in [1.54, 1.807) is 24.3 Å². The fourth-order valence-corrected chi connectivity index (χ4v) is 3.73. The van der Waals surface area contributed by atoms with E-state index >= 15 is 0 Å². The molecule has 0 aliphatic heterocycles. The summed E-state index contributed by atoms with van der Waals surface area (Å²) < 4.78 is 26.4. The van der Waals surface area contributed by atoms with Gasteiger partial charge >= 0.3 is 0 Å². The molecule has 144 valence electrons. The molecule has 2 N–H and O–H groups in total. The topological polar surface area (TPSA) is 99.1 Å². The SMILES string of the molecule is CN(CC(=O)N/N=C/c1ccc(O)cc1)S(=O)(=O)c1ccc2ccccc2c1. The van der Waals surface area contributed by atoms with Gasteiger partial charge in [-0.25, -0.2) is 13.8 Å². The second-order valence-electron chi connectivity index (χ2n) is 6.15. The maximum absolute atomic E-state index is 12.7. The number of nitrogens with zero attached hydrogens (tertiary/aromatic N) is 2. The molecule has 3 rings (SSSR count). The third-order valence-corrected chi connectivity index (χ3v) is 5.89. The van der Waals surface area contributed by atoms with E-state index in [4.69, 9.17) is 0 Å². The zero-order valence-electron chi connectivity index (χ0n) is 15.1. The van der Waals surface area contributed by atoms with Crippen LogP contribution in [0.5, 0.6) is 5.75 Å². The number of sulfonamides is 1. The van der Waals surface area contributed by atoms with E-state index in [1.165, 1.54) is 31.5 Å². The first-order valence-corrected chi connectivity index (χ1v) is 9.86. The number of hydrogen-bond acceptors (Lipinski definition) is 5. The number of hydrogen-bond donors (Lipinski definition) is 2. The first kappa shape index (κ1) is 19.5. The fourth-order valence-electron chi connectivity index (χ4n) is 2.57. The van der Waals surface area contributed by atoms with Crippen LogP contribution >= 0.6 is 0 Å². The molecular weight excluding hydrogens is 378 g/mol. The van der Waals surface area contributed by atoms with Crippen molar-refractivity contribution in [2.75, 3.05) is 13.6 Å². The summed E-state index contributed by atoms with van der Waals surface area (Å²) in [5.41, 5.74) is 2.97. The van der Waals surface area contributed by atoms with Crippen LogP contribution in [-0.2, 0) is 14.8 Å². The average molecular weight is 397 g/mol. The van der Waals surface area contributed by atoms with Gasteiger partial charge in [0.15, 0.2) is 0 Å². The third-order valence-electron chi connectivity index (χ3n) is 4.09. The normalized spacial score (nSPS) is 11.9. The van der Waals surface area contributed by atoms with Crippen molar-refractivity contribution in [3.63, 3.8) is 0 Å². The molecule has 3 aromatic rings. The van der Waals surface area contributed by atoms with Gasteiger partial charge in [0.1, 0.15) is 5.75 Å². The number of phenols is 1. The second-order valence-corrected chi connectivity index (χ2v) is 8.20. The van der Waals surface area contributed by atoms with Crippen molar-refractivity contribution in [3.8, 4) is 5.75 Å². The highest BCUT2D eigenvalue weighted by Crippen LogP contribution is 2.21. The van der Waals surface area contributed by atoms with E-state index in [-0.39, 0.29) is 17.2 Å². The molecule has 0 aliphatic carbocycles. The molecule has 1 amide bonds. The molecule has 0 heterocycles. The molecule has 0 unspecified atom stereocenters. The molecule has 0 aliphatic rings. The van der Waals surface area contributed by atoms with Crippen molar-refractivity contribution in [2.24, 2.45) is 5.10 Å². The number of rotatable bonds is 6. The number of likely N-dealkylation sites (N-methyl/N-ethyl adjacent to an activating group) is 1. The van der Waals surface area contributed by atoms with Crippen molar-refractivity contribution >= 4 is 32.9 Å². The van der Waals surface area contributed by atoms with Gasteiger partial charge < -0.3 is 5.11 Å². The summed E-state index contributed by atoms with van der Waals surface area (Å²) >= 11 is 0. The van der Waals surface area contributed by atoms with Crippen molar-refractivity contribution in [1.29, 1.82) is 0 Å². The molecule has 0 aromatic heterocycles. The summed E-state index contributed by atoms with van der Waals surface area (Å²) in [6.45, 7) is -0.373. The fraction of sp³-hybridized carbons (Fsp3) is 0.100. The highest BCUT2D eigenvalue weighted by atomic mass is 32.2. The van der Waals surface area contributed by atoms with Crippen molar-refractivity contribution < 1.29 is 18.3 Å². The van der Waals surface area contributed by atoms with Gasteiger partial charge in [0.2, 0.25) is 10.0 Å². The van der Waals surface area contributed by atoms with E-state index in [0.717, 1.165) is 15.1 Å². The number of nitrogens with one attached hydrogen (secondary N) is 1. The summed E-state index contributed by atoms with van der Waals surface area (Å²) in [5, 5.41) is 14.8. The molecule has 0 saturated carbocycles. The smallest absolute Gasteiger partial charge is 0.255 e. The Morgan fingerprint density at radius 2 is 1.75 bits per heavy atom. The minimum atomic E-state index is -3.81. The summed E-state index contributed by atoms with van der Waals surface area (Å²) in [5.74, 6) is -0.441. The highest BCUT2D eigenvalue weighted by Gasteiger charge is 2.23. The Labute approximate surface area is 163 Å². The minimum absolute atomic E-state index is 0.120. The largest absolute Gasteiger partial charge is 0.508 e. The van der Waals surface area contributed by atoms with Crippen molar-refractivity contribution in [2.45, 2.75) is 4.90 Å². The van der Waals surface area contributed by atoms with Crippen LogP contribution in [0.4, 0.5) is 0 Å². The maximum atomic E-state index is 12.7. The standard InChI is InChI=1S/C20H19N3O4S/c1-23(14-20(25)22-21-13-15-6-9-18(24)10-7-15)28(26,27)19-11-8-16-4-2-3-5-17(16)12-19/h2-13,24H,14H2,1H3,(H,22,25)/b21-13+. The van der Waals surface area contributed by atoms with E-state index in [0.29, 0.717) is 5.56 Å². The predicted octanol–water partition coefficient (Wildman–Crippen LogP) is 2.32. The minimum Gasteiger partial charge on any atom is -0.508 e.